The summed E-state index contributed by atoms with van der Waals surface area (Å²) in [6, 6.07) is 12.5. The van der Waals surface area contributed by atoms with Gasteiger partial charge in [-0.05, 0) is 48.2 Å². The van der Waals surface area contributed by atoms with Gasteiger partial charge in [-0.15, -0.1) is 11.6 Å². The normalized spacial score (nSPS) is 12.4. The largest absolute Gasteiger partial charge is 0.207 e. The van der Waals surface area contributed by atoms with Crippen LogP contribution in [0.25, 0.3) is 0 Å². The zero-order chi connectivity index (χ0) is 13.1. The van der Waals surface area contributed by atoms with Gasteiger partial charge in [0.2, 0.25) is 0 Å². The molecular weight excluding hydrogens is 315 g/mol. The molecule has 0 saturated heterocycles. The van der Waals surface area contributed by atoms with Crippen molar-refractivity contribution in [2.75, 3.05) is 0 Å². The zero-order valence-electron chi connectivity index (χ0n) is 9.96. The molecule has 0 spiro atoms. The maximum atomic E-state index is 12.8. The van der Waals surface area contributed by atoms with E-state index in [0.29, 0.717) is 6.42 Å². The van der Waals surface area contributed by atoms with E-state index in [4.69, 9.17) is 11.6 Å². The first-order valence-corrected chi connectivity index (χ1v) is 6.94. The van der Waals surface area contributed by atoms with Crippen LogP contribution in [0.4, 0.5) is 4.39 Å². The van der Waals surface area contributed by atoms with Crippen molar-refractivity contribution in [1.29, 1.82) is 0 Å². The Hall–Kier alpha value is -0.860. The Kier molecular flexibility index (Phi) is 4.41. The van der Waals surface area contributed by atoms with Crippen LogP contribution in [0.5, 0.6) is 0 Å². The third-order valence-corrected chi connectivity index (χ3v) is 4.22. The quantitative estimate of drug-likeness (QED) is 0.660. The second kappa shape index (κ2) is 5.85. The second-order valence-corrected chi connectivity index (χ2v) is 5.63. The SMILES string of the molecule is Cc1c(Br)cccc1C(Cl)Cc1ccc(F)cc1. The van der Waals surface area contributed by atoms with E-state index in [9.17, 15) is 4.39 Å². The van der Waals surface area contributed by atoms with Crippen molar-refractivity contribution in [3.8, 4) is 0 Å². The van der Waals surface area contributed by atoms with E-state index in [0.717, 1.165) is 21.2 Å². The van der Waals surface area contributed by atoms with Crippen molar-refractivity contribution in [2.45, 2.75) is 18.7 Å². The van der Waals surface area contributed by atoms with Gasteiger partial charge in [0.05, 0.1) is 5.38 Å². The predicted octanol–water partition coefficient (Wildman–Crippen LogP) is 5.42. The Bertz CT molecular complexity index is 537. The van der Waals surface area contributed by atoms with Gasteiger partial charge in [-0.1, -0.05) is 40.2 Å². The van der Waals surface area contributed by atoms with Crippen molar-refractivity contribution in [3.63, 3.8) is 0 Å². The predicted molar refractivity (Wildman–Crippen MR) is 77.6 cm³/mol. The molecule has 2 aromatic carbocycles. The molecule has 2 rings (SSSR count). The Morgan fingerprint density at radius 1 is 1.17 bits per heavy atom. The molecule has 1 atom stereocenters. The minimum Gasteiger partial charge on any atom is -0.207 e. The van der Waals surface area contributed by atoms with Crippen molar-refractivity contribution in [3.05, 3.63) is 69.4 Å². The number of benzene rings is 2. The molecule has 0 fully saturated rings. The van der Waals surface area contributed by atoms with Crippen molar-refractivity contribution < 1.29 is 4.39 Å². The van der Waals surface area contributed by atoms with Gasteiger partial charge in [0, 0.05) is 4.47 Å². The topological polar surface area (TPSA) is 0 Å². The lowest BCUT2D eigenvalue weighted by Gasteiger charge is -2.14. The number of alkyl halides is 1. The molecule has 0 nitrogen and oxygen atoms in total. The molecular formula is C15H13BrClF. The average Bonchev–Trinajstić information content (AvgIpc) is 2.35. The molecule has 0 aromatic heterocycles. The summed E-state index contributed by atoms with van der Waals surface area (Å²) >= 11 is 9.94. The summed E-state index contributed by atoms with van der Waals surface area (Å²) in [4.78, 5) is 0. The van der Waals surface area contributed by atoms with Crippen LogP contribution in [0.1, 0.15) is 22.1 Å². The number of hydrogen-bond acceptors (Lipinski definition) is 0. The molecule has 94 valence electrons. The third-order valence-electron chi connectivity index (χ3n) is 2.98. The van der Waals surface area contributed by atoms with Gasteiger partial charge in [0.15, 0.2) is 0 Å². The second-order valence-electron chi connectivity index (χ2n) is 4.25. The molecule has 18 heavy (non-hydrogen) atoms. The number of hydrogen-bond donors (Lipinski definition) is 0. The van der Waals surface area contributed by atoms with Crippen LogP contribution in [0.3, 0.4) is 0 Å². The summed E-state index contributed by atoms with van der Waals surface area (Å²) in [7, 11) is 0. The Morgan fingerprint density at radius 3 is 2.50 bits per heavy atom. The van der Waals surface area contributed by atoms with Gasteiger partial charge in [-0.2, -0.15) is 0 Å². The van der Waals surface area contributed by atoms with Gasteiger partial charge in [-0.3, -0.25) is 0 Å². The van der Waals surface area contributed by atoms with Crippen LogP contribution >= 0.6 is 27.5 Å². The first-order chi connectivity index (χ1) is 8.58. The molecule has 0 heterocycles. The molecule has 0 aliphatic carbocycles. The maximum Gasteiger partial charge on any atom is 0.123 e. The molecule has 0 radical (unpaired) electrons. The van der Waals surface area contributed by atoms with Gasteiger partial charge < -0.3 is 0 Å². The van der Waals surface area contributed by atoms with Gasteiger partial charge in [0.1, 0.15) is 5.82 Å². The van der Waals surface area contributed by atoms with Crippen LogP contribution in [0.2, 0.25) is 0 Å². The maximum absolute atomic E-state index is 12.8. The molecule has 0 N–H and O–H groups in total. The number of rotatable bonds is 3. The van der Waals surface area contributed by atoms with Crippen molar-refractivity contribution in [1.82, 2.24) is 0 Å². The van der Waals surface area contributed by atoms with E-state index in [1.165, 1.54) is 12.1 Å². The molecule has 0 bridgehead atoms. The first-order valence-electron chi connectivity index (χ1n) is 5.71. The van der Waals surface area contributed by atoms with Crippen molar-refractivity contribution in [2.24, 2.45) is 0 Å². The molecule has 3 heteroatoms. The molecule has 2 aromatic rings. The highest BCUT2D eigenvalue weighted by molar-refractivity contribution is 9.10. The van der Waals surface area contributed by atoms with Gasteiger partial charge >= 0.3 is 0 Å². The fraction of sp³-hybridized carbons (Fsp3) is 0.200. The van der Waals surface area contributed by atoms with Crippen LogP contribution in [-0.4, -0.2) is 0 Å². The van der Waals surface area contributed by atoms with E-state index < -0.39 is 0 Å². The van der Waals surface area contributed by atoms with Crippen LogP contribution in [0, 0.1) is 12.7 Å². The van der Waals surface area contributed by atoms with E-state index >= 15 is 0 Å². The molecule has 0 amide bonds. The average molecular weight is 328 g/mol. The highest BCUT2D eigenvalue weighted by Gasteiger charge is 2.12. The first kappa shape index (κ1) is 13.6. The lowest BCUT2D eigenvalue weighted by atomic mass is 10.00. The zero-order valence-corrected chi connectivity index (χ0v) is 12.3. The van der Waals surface area contributed by atoms with Crippen LogP contribution in [0.15, 0.2) is 46.9 Å². The lowest BCUT2D eigenvalue weighted by molar-refractivity contribution is 0.627. The van der Waals surface area contributed by atoms with E-state index in [1.807, 2.05) is 25.1 Å². The fourth-order valence-corrected chi connectivity index (χ4v) is 2.70. The molecule has 1 unspecified atom stereocenters. The van der Waals surface area contributed by atoms with Gasteiger partial charge in [0.25, 0.3) is 0 Å². The Labute approximate surface area is 120 Å². The summed E-state index contributed by atoms with van der Waals surface area (Å²) in [5, 5.41) is -0.104. The van der Waals surface area contributed by atoms with E-state index in [2.05, 4.69) is 15.9 Å². The molecule has 0 aliphatic rings. The monoisotopic (exact) mass is 326 g/mol. The summed E-state index contributed by atoms with van der Waals surface area (Å²) < 4.78 is 13.9. The number of halogens is 3. The van der Waals surface area contributed by atoms with Crippen LogP contribution < -0.4 is 0 Å². The third kappa shape index (κ3) is 3.12. The smallest absolute Gasteiger partial charge is 0.123 e. The minimum atomic E-state index is -0.219. The highest BCUT2D eigenvalue weighted by Crippen LogP contribution is 2.31. The Morgan fingerprint density at radius 2 is 1.83 bits per heavy atom. The minimum absolute atomic E-state index is 0.104. The van der Waals surface area contributed by atoms with Crippen molar-refractivity contribution >= 4 is 27.5 Å². The van der Waals surface area contributed by atoms with Gasteiger partial charge in [-0.25, -0.2) is 4.39 Å². The standard InChI is InChI=1S/C15H13BrClF/c1-10-13(3-2-4-14(10)16)15(17)9-11-5-7-12(18)8-6-11/h2-8,15H,9H2,1H3. The summed E-state index contributed by atoms with van der Waals surface area (Å²) in [5.74, 6) is -0.219. The highest BCUT2D eigenvalue weighted by atomic mass is 79.9. The van der Waals surface area contributed by atoms with E-state index in [1.54, 1.807) is 12.1 Å². The summed E-state index contributed by atoms with van der Waals surface area (Å²) in [6.45, 7) is 2.04. The fourth-order valence-electron chi connectivity index (χ4n) is 1.90. The Balaban J connectivity index is 2.19. The molecule has 0 aliphatic heterocycles. The summed E-state index contributed by atoms with van der Waals surface area (Å²) in [6.07, 6.45) is 0.694. The lowest BCUT2D eigenvalue weighted by Crippen LogP contribution is -1.99. The van der Waals surface area contributed by atoms with Crippen LogP contribution in [-0.2, 0) is 6.42 Å². The molecule has 0 saturated carbocycles. The summed E-state index contributed by atoms with van der Waals surface area (Å²) in [5.41, 5.74) is 3.30. The van der Waals surface area contributed by atoms with E-state index in [-0.39, 0.29) is 11.2 Å².